The third kappa shape index (κ3) is 5.03. The number of rotatable bonds is 9. The first-order chi connectivity index (χ1) is 15.9. The van der Waals surface area contributed by atoms with Gasteiger partial charge in [-0.2, -0.15) is 15.2 Å². The molecule has 170 valence electrons. The molecule has 0 fully saturated rings. The molecule has 4 rings (SSSR count). The molecule has 0 radical (unpaired) electrons. The predicted octanol–water partition coefficient (Wildman–Crippen LogP) is 0.236. The number of aromatic amines is 2. The van der Waals surface area contributed by atoms with Crippen molar-refractivity contribution in [2.45, 2.75) is 31.7 Å². The first-order valence-electron chi connectivity index (χ1n) is 10.1. The molecule has 0 bridgehead atoms. The molecule has 13 heteroatoms. The highest BCUT2D eigenvalue weighted by Gasteiger charge is 2.21. The van der Waals surface area contributed by atoms with E-state index in [0.29, 0.717) is 35.7 Å². The first-order valence-corrected chi connectivity index (χ1v) is 10.1. The van der Waals surface area contributed by atoms with Gasteiger partial charge in [-0.05, 0) is 42.5 Å². The SMILES string of the molecule is Nc1nc(N)c2c(CCc3ccc(C(=O)N[C@@H](CCc4nn[nH]n4)C(=O)O)cc3)c[nH]c2n1. The number of aromatic nitrogens is 7. The first kappa shape index (κ1) is 21.7. The van der Waals surface area contributed by atoms with Gasteiger partial charge in [-0.25, -0.2) is 4.79 Å². The molecule has 4 aromatic rings. The maximum Gasteiger partial charge on any atom is 0.326 e. The van der Waals surface area contributed by atoms with Gasteiger partial charge >= 0.3 is 5.97 Å². The van der Waals surface area contributed by atoms with E-state index in [9.17, 15) is 14.7 Å². The zero-order valence-corrected chi connectivity index (χ0v) is 17.4. The topological polar surface area (TPSA) is 214 Å². The number of carboxylic acid groups (broad SMARTS) is 1. The zero-order valence-electron chi connectivity index (χ0n) is 17.4. The van der Waals surface area contributed by atoms with E-state index in [2.05, 4.69) is 40.9 Å². The Hall–Kier alpha value is -4.55. The van der Waals surface area contributed by atoms with Crippen molar-refractivity contribution >= 4 is 34.7 Å². The van der Waals surface area contributed by atoms with Crippen LogP contribution < -0.4 is 16.8 Å². The summed E-state index contributed by atoms with van der Waals surface area (Å²) in [5.74, 6) is -0.782. The number of aliphatic carboxylic acids is 1. The van der Waals surface area contributed by atoms with Crippen LogP contribution in [0.3, 0.4) is 0 Å². The van der Waals surface area contributed by atoms with Gasteiger partial charge in [0.2, 0.25) is 5.95 Å². The number of carbonyl (C=O) groups excluding carboxylic acids is 1. The van der Waals surface area contributed by atoms with E-state index in [4.69, 9.17) is 11.5 Å². The smallest absolute Gasteiger partial charge is 0.326 e. The summed E-state index contributed by atoms with van der Waals surface area (Å²) < 4.78 is 0. The molecule has 1 aromatic carbocycles. The number of amides is 1. The standard InChI is InChI=1S/C20H22N10O3/c21-16-15-12(9-23-17(15)26-20(22)25-16)6-3-10-1-4-11(5-2-10)18(31)24-13(19(32)33)7-8-14-27-29-30-28-14/h1-2,4-5,9,13H,3,6-8H2,(H,24,31)(H,32,33)(H,27,28,29,30)(H5,21,22,23,25,26)/t13-/m0/s1. The number of carbonyl (C=O) groups is 2. The Morgan fingerprint density at radius 3 is 2.58 bits per heavy atom. The van der Waals surface area contributed by atoms with Gasteiger partial charge in [0.05, 0.1) is 5.39 Å². The van der Waals surface area contributed by atoms with Gasteiger partial charge in [0.1, 0.15) is 17.5 Å². The average Bonchev–Trinajstić information content (AvgIpc) is 3.45. The van der Waals surface area contributed by atoms with Gasteiger partial charge in [-0.15, -0.1) is 10.2 Å². The molecule has 33 heavy (non-hydrogen) atoms. The molecule has 3 heterocycles. The summed E-state index contributed by atoms with van der Waals surface area (Å²) in [5.41, 5.74) is 14.5. The lowest BCUT2D eigenvalue weighted by Gasteiger charge is -2.14. The van der Waals surface area contributed by atoms with Gasteiger partial charge in [0.15, 0.2) is 5.82 Å². The van der Waals surface area contributed by atoms with Crippen molar-refractivity contribution in [2.24, 2.45) is 0 Å². The highest BCUT2D eigenvalue weighted by Crippen LogP contribution is 2.24. The van der Waals surface area contributed by atoms with E-state index < -0.39 is 17.9 Å². The third-order valence-corrected chi connectivity index (χ3v) is 5.21. The average molecular weight is 450 g/mol. The Morgan fingerprint density at radius 2 is 1.88 bits per heavy atom. The summed E-state index contributed by atoms with van der Waals surface area (Å²) in [6.07, 6.45) is 3.61. The summed E-state index contributed by atoms with van der Waals surface area (Å²) in [7, 11) is 0. The molecule has 3 aromatic heterocycles. The van der Waals surface area contributed by atoms with Crippen molar-refractivity contribution in [1.29, 1.82) is 0 Å². The fraction of sp³-hybridized carbons (Fsp3) is 0.250. The highest BCUT2D eigenvalue weighted by atomic mass is 16.4. The lowest BCUT2D eigenvalue weighted by molar-refractivity contribution is -0.139. The van der Waals surface area contributed by atoms with E-state index >= 15 is 0 Å². The number of hydrogen-bond acceptors (Lipinski definition) is 9. The number of nitrogen functional groups attached to an aromatic ring is 2. The monoisotopic (exact) mass is 450 g/mol. The van der Waals surface area contributed by atoms with Crippen LogP contribution in [0.4, 0.5) is 11.8 Å². The quantitative estimate of drug-likeness (QED) is 0.204. The van der Waals surface area contributed by atoms with Crippen LogP contribution in [0.15, 0.2) is 30.5 Å². The number of anilines is 2. The van der Waals surface area contributed by atoms with Crippen molar-refractivity contribution in [1.82, 2.24) is 40.9 Å². The molecule has 0 aliphatic heterocycles. The van der Waals surface area contributed by atoms with Crippen LogP contribution in [-0.4, -0.2) is 58.6 Å². The van der Waals surface area contributed by atoms with Crippen molar-refractivity contribution in [3.8, 4) is 0 Å². The van der Waals surface area contributed by atoms with Gasteiger partial charge < -0.3 is 26.9 Å². The van der Waals surface area contributed by atoms with Gasteiger partial charge in [0.25, 0.3) is 5.91 Å². The van der Waals surface area contributed by atoms with Crippen LogP contribution in [0.5, 0.6) is 0 Å². The third-order valence-electron chi connectivity index (χ3n) is 5.21. The Labute approximate surface area is 187 Å². The number of aryl methyl sites for hydroxylation is 3. The van der Waals surface area contributed by atoms with Gasteiger partial charge in [-0.3, -0.25) is 4.79 Å². The fourth-order valence-electron chi connectivity index (χ4n) is 3.50. The van der Waals surface area contributed by atoms with Crippen LogP contribution in [0.1, 0.15) is 33.7 Å². The minimum atomic E-state index is -1.13. The summed E-state index contributed by atoms with van der Waals surface area (Å²) in [6, 6.07) is 5.92. The van der Waals surface area contributed by atoms with Crippen molar-refractivity contribution in [3.63, 3.8) is 0 Å². The summed E-state index contributed by atoms with van der Waals surface area (Å²) in [6.45, 7) is 0. The molecule has 0 saturated heterocycles. The Balaban J connectivity index is 1.36. The second-order valence-corrected chi connectivity index (χ2v) is 7.43. The van der Waals surface area contributed by atoms with Gasteiger partial charge in [0, 0.05) is 18.2 Å². The largest absolute Gasteiger partial charge is 0.480 e. The van der Waals surface area contributed by atoms with Crippen LogP contribution in [0.25, 0.3) is 11.0 Å². The van der Waals surface area contributed by atoms with E-state index in [1.165, 1.54) is 0 Å². The van der Waals surface area contributed by atoms with E-state index in [1.807, 2.05) is 18.3 Å². The van der Waals surface area contributed by atoms with Crippen molar-refractivity contribution in [3.05, 3.63) is 53.0 Å². The fourth-order valence-corrected chi connectivity index (χ4v) is 3.50. The second kappa shape index (κ2) is 9.30. The normalized spacial score (nSPS) is 12.0. The van der Waals surface area contributed by atoms with Crippen molar-refractivity contribution in [2.75, 3.05) is 11.5 Å². The second-order valence-electron chi connectivity index (χ2n) is 7.43. The maximum atomic E-state index is 12.5. The van der Waals surface area contributed by atoms with E-state index in [0.717, 1.165) is 16.5 Å². The number of H-pyrrole nitrogens is 2. The molecule has 0 aliphatic rings. The number of nitrogens with one attached hydrogen (secondary N) is 3. The van der Waals surface area contributed by atoms with Crippen LogP contribution >= 0.6 is 0 Å². The molecule has 1 amide bonds. The minimum absolute atomic E-state index is 0.113. The number of fused-ring (bicyclic) bond motifs is 1. The van der Waals surface area contributed by atoms with Gasteiger partial charge in [-0.1, -0.05) is 17.3 Å². The van der Waals surface area contributed by atoms with Crippen molar-refractivity contribution < 1.29 is 14.7 Å². The number of benzene rings is 1. The number of tetrazole rings is 1. The molecular weight excluding hydrogens is 428 g/mol. The number of nitrogens with zero attached hydrogens (tertiary/aromatic N) is 5. The molecule has 8 N–H and O–H groups in total. The predicted molar refractivity (Wildman–Crippen MR) is 118 cm³/mol. The molecule has 1 atom stereocenters. The molecule has 0 saturated carbocycles. The minimum Gasteiger partial charge on any atom is -0.480 e. The molecule has 13 nitrogen and oxygen atoms in total. The Morgan fingerprint density at radius 1 is 1.09 bits per heavy atom. The Bertz CT molecular complexity index is 1270. The maximum absolute atomic E-state index is 12.5. The summed E-state index contributed by atoms with van der Waals surface area (Å²) in [5, 5.41) is 26.0. The molecule has 0 unspecified atom stereocenters. The molecular formula is C20H22N10O3. The molecule has 0 spiro atoms. The zero-order chi connectivity index (χ0) is 23.4. The highest BCUT2D eigenvalue weighted by molar-refractivity contribution is 5.96. The lowest BCUT2D eigenvalue weighted by atomic mass is 10.0. The van der Waals surface area contributed by atoms with E-state index in [-0.39, 0.29) is 18.8 Å². The number of hydrogen-bond donors (Lipinski definition) is 6. The van der Waals surface area contributed by atoms with Crippen LogP contribution in [0, 0.1) is 0 Å². The number of carboxylic acids is 1. The van der Waals surface area contributed by atoms with Crippen LogP contribution in [0.2, 0.25) is 0 Å². The molecule has 0 aliphatic carbocycles. The summed E-state index contributed by atoms with van der Waals surface area (Å²) >= 11 is 0. The lowest BCUT2D eigenvalue weighted by Crippen LogP contribution is -2.41. The van der Waals surface area contributed by atoms with Crippen LogP contribution in [-0.2, 0) is 24.1 Å². The summed E-state index contributed by atoms with van der Waals surface area (Å²) in [4.78, 5) is 35.2. The number of nitrogens with two attached hydrogens (primary N) is 2. The van der Waals surface area contributed by atoms with E-state index in [1.54, 1.807) is 12.1 Å². The Kier molecular flexibility index (Phi) is 6.11.